The molecule has 0 aliphatic carbocycles. The van der Waals surface area contributed by atoms with Crippen molar-refractivity contribution in [2.75, 3.05) is 0 Å². The zero-order chi connectivity index (χ0) is 11.8. The number of aromatic nitrogens is 2. The molecule has 4 heteroatoms. The number of rotatable bonds is 1. The fourth-order valence-corrected chi connectivity index (χ4v) is 2.09. The normalized spacial score (nSPS) is 10.9. The van der Waals surface area contributed by atoms with Crippen LogP contribution in [0, 0.1) is 0 Å². The van der Waals surface area contributed by atoms with Gasteiger partial charge in [-0.15, -0.1) is 0 Å². The first kappa shape index (κ1) is 10.2. The Bertz CT molecular complexity index is 673. The summed E-state index contributed by atoms with van der Waals surface area (Å²) in [7, 11) is 0. The van der Waals surface area contributed by atoms with Gasteiger partial charge in [0.25, 0.3) is 0 Å². The van der Waals surface area contributed by atoms with Gasteiger partial charge in [0.2, 0.25) is 0 Å². The van der Waals surface area contributed by atoms with Gasteiger partial charge in [-0.1, -0.05) is 23.7 Å². The van der Waals surface area contributed by atoms with Crippen molar-refractivity contribution in [2.45, 2.75) is 0 Å². The molecule has 84 valence electrons. The lowest BCUT2D eigenvalue weighted by Crippen LogP contribution is -1.95. The molecule has 1 N–H and O–H groups in total. The molecule has 17 heavy (non-hydrogen) atoms. The van der Waals surface area contributed by atoms with Gasteiger partial charge in [0.05, 0.1) is 22.4 Å². The third kappa shape index (κ3) is 1.65. The van der Waals surface area contributed by atoms with Crippen LogP contribution in [-0.4, -0.2) is 14.9 Å². The van der Waals surface area contributed by atoms with E-state index in [-0.39, 0.29) is 5.75 Å². The molecule has 0 bridgehead atoms. The van der Waals surface area contributed by atoms with Crippen LogP contribution in [0.25, 0.3) is 16.6 Å². The molecule has 0 fully saturated rings. The number of aromatic hydroxyl groups is 1. The molecule has 0 aliphatic heterocycles. The average molecular weight is 245 g/mol. The van der Waals surface area contributed by atoms with Crippen molar-refractivity contribution in [1.82, 2.24) is 9.78 Å². The van der Waals surface area contributed by atoms with Crippen LogP contribution in [0.3, 0.4) is 0 Å². The zero-order valence-electron chi connectivity index (χ0n) is 8.84. The van der Waals surface area contributed by atoms with Gasteiger partial charge >= 0.3 is 0 Å². The number of para-hydroxylation sites is 1. The summed E-state index contributed by atoms with van der Waals surface area (Å²) in [6.07, 6.45) is 1.77. The predicted octanol–water partition coefficient (Wildman–Crippen LogP) is 3.38. The van der Waals surface area contributed by atoms with Gasteiger partial charge in [0, 0.05) is 5.39 Å². The van der Waals surface area contributed by atoms with Crippen LogP contribution in [-0.2, 0) is 0 Å². The SMILES string of the molecule is Oc1ccc(-n2ncc3cccc(Cl)c32)cc1. The lowest BCUT2D eigenvalue weighted by atomic mass is 10.2. The number of phenols is 1. The second kappa shape index (κ2) is 3.79. The Balaban J connectivity index is 2.27. The molecule has 0 saturated carbocycles. The van der Waals surface area contributed by atoms with Gasteiger partial charge in [-0.2, -0.15) is 5.10 Å². The molecule has 3 aromatic rings. The van der Waals surface area contributed by atoms with Crippen LogP contribution in [0.2, 0.25) is 5.02 Å². The van der Waals surface area contributed by atoms with Gasteiger partial charge in [-0.25, -0.2) is 4.68 Å². The fraction of sp³-hybridized carbons (Fsp3) is 0. The molecule has 1 heterocycles. The van der Waals surface area contributed by atoms with E-state index in [1.54, 1.807) is 35.1 Å². The van der Waals surface area contributed by atoms with E-state index in [1.807, 2.05) is 18.2 Å². The van der Waals surface area contributed by atoms with E-state index in [1.165, 1.54) is 0 Å². The zero-order valence-corrected chi connectivity index (χ0v) is 9.59. The summed E-state index contributed by atoms with van der Waals surface area (Å²) in [5, 5.41) is 15.2. The summed E-state index contributed by atoms with van der Waals surface area (Å²) in [5.74, 6) is 0.233. The molecule has 0 atom stereocenters. The van der Waals surface area contributed by atoms with Gasteiger partial charge < -0.3 is 5.11 Å². The molecule has 3 rings (SSSR count). The Kier molecular flexibility index (Phi) is 2.27. The van der Waals surface area contributed by atoms with Crippen LogP contribution in [0.4, 0.5) is 0 Å². The number of hydrogen-bond donors (Lipinski definition) is 1. The number of nitrogens with zero attached hydrogens (tertiary/aromatic N) is 2. The first-order valence-electron chi connectivity index (χ1n) is 5.17. The Hall–Kier alpha value is -2.00. The van der Waals surface area contributed by atoms with Crippen molar-refractivity contribution in [1.29, 1.82) is 0 Å². The van der Waals surface area contributed by atoms with Crippen molar-refractivity contribution in [3.05, 3.63) is 53.7 Å². The van der Waals surface area contributed by atoms with Gasteiger partial charge in [0.15, 0.2) is 0 Å². The Morgan fingerprint density at radius 1 is 1.06 bits per heavy atom. The van der Waals surface area contributed by atoms with Crippen LogP contribution in [0.1, 0.15) is 0 Å². The monoisotopic (exact) mass is 244 g/mol. The highest BCUT2D eigenvalue weighted by atomic mass is 35.5. The first-order valence-corrected chi connectivity index (χ1v) is 5.55. The lowest BCUT2D eigenvalue weighted by molar-refractivity contribution is 0.475. The van der Waals surface area contributed by atoms with E-state index >= 15 is 0 Å². The van der Waals surface area contributed by atoms with Gasteiger partial charge in [-0.05, 0) is 30.3 Å². The third-order valence-electron chi connectivity index (χ3n) is 2.64. The molecule has 0 unspecified atom stereocenters. The predicted molar refractivity (Wildman–Crippen MR) is 67.7 cm³/mol. The van der Waals surface area contributed by atoms with Crippen molar-refractivity contribution >= 4 is 22.5 Å². The van der Waals surface area contributed by atoms with E-state index in [9.17, 15) is 5.11 Å². The molecule has 0 spiro atoms. The molecule has 0 aliphatic rings. The Morgan fingerprint density at radius 2 is 1.82 bits per heavy atom. The summed E-state index contributed by atoms with van der Waals surface area (Å²) in [4.78, 5) is 0. The van der Waals surface area contributed by atoms with E-state index < -0.39 is 0 Å². The summed E-state index contributed by atoms with van der Waals surface area (Å²) >= 11 is 6.17. The Labute approximate surface area is 103 Å². The summed E-state index contributed by atoms with van der Waals surface area (Å²) < 4.78 is 1.76. The fourth-order valence-electron chi connectivity index (χ4n) is 1.83. The van der Waals surface area contributed by atoms with Crippen LogP contribution in [0.15, 0.2) is 48.7 Å². The second-order valence-corrected chi connectivity index (χ2v) is 4.16. The maximum atomic E-state index is 9.27. The number of benzene rings is 2. The number of halogens is 1. The number of hydrogen-bond acceptors (Lipinski definition) is 2. The highest BCUT2D eigenvalue weighted by Crippen LogP contribution is 2.26. The third-order valence-corrected chi connectivity index (χ3v) is 2.94. The number of fused-ring (bicyclic) bond motifs is 1. The van der Waals surface area contributed by atoms with Crippen molar-refractivity contribution < 1.29 is 5.11 Å². The highest BCUT2D eigenvalue weighted by molar-refractivity contribution is 6.35. The maximum Gasteiger partial charge on any atom is 0.115 e. The molecule has 0 radical (unpaired) electrons. The second-order valence-electron chi connectivity index (χ2n) is 3.75. The molecule has 2 aromatic carbocycles. The van der Waals surface area contributed by atoms with Crippen molar-refractivity contribution in [2.24, 2.45) is 0 Å². The molecular formula is C13H9ClN2O. The van der Waals surface area contributed by atoms with E-state index in [4.69, 9.17) is 11.6 Å². The minimum absolute atomic E-state index is 0.233. The maximum absolute atomic E-state index is 9.27. The first-order chi connectivity index (χ1) is 8.25. The van der Waals surface area contributed by atoms with E-state index in [0.717, 1.165) is 16.6 Å². The summed E-state index contributed by atoms with van der Waals surface area (Å²) in [6, 6.07) is 12.5. The summed E-state index contributed by atoms with van der Waals surface area (Å²) in [6.45, 7) is 0. The number of phenolic OH excluding ortho intramolecular Hbond substituents is 1. The molecule has 0 saturated heterocycles. The van der Waals surface area contributed by atoms with Crippen LogP contribution < -0.4 is 0 Å². The van der Waals surface area contributed by atoms with E-state index in [2.05, 4.69) is 5.10 Å². The van der Waals surface area contributed by atoms with Crippen LogP contribution >= 0.6 is 11.6 Å². The average Bonchev–Trinajstić information content (AvgIpc) is 2.75. The minimum atomic E-state index is 0.233. The molecular weight excluding hydrogens is 236 g/mol. The van der Waals surface area contributed by atoms with Gasteiger partial charge in [0.1, 0.15) is 5.75 Å². The van der Waals surface area contributed by atoms with E-state index in [0.29, 0.717) is 5.02 Å². The smallest absolute Gasteiger partial charge is 0.115 e. The van der Waals surface area contributed by atoms with Gasteiger partial charge in [-0.3, -0.25) is 0 Å². The van der Waals surface area contributed by atoms with Crippen molar-refractivity contribution in [3.8, 4) is 11.4 Å². The Morgan fingerprint density at radius 3 is 2.59 bits per heavy atom. The molecule has 3 nitrogen and oxygen atoms in total. The quantitative estimate of drug-likeness (QED) is 0.713. The highest BCUT2D eigenvalue weighted by Gasteiger charge is 2.07. The summed E-state index contributed by atoms with van der Waals surface area (Å²) in [5.41, 5.74) is 1.74. The molecule has 0 amide bonds. The largest absolute Gasteiger partial charge is 0.508 e. The standard InChI is InChI=1S/C13H9ClN2O/c14-12-3-1-2-9-8-15-16(13(9)12)10-4-6-11(17)7-5-10/h1-8,17H. The molecule has 1 aromatic heterocycles. The lowest BCUT2D eigenvalue weighted by Gasteiger charge is -2.04. The van der Waals surface area contributed by atoms with Crippen LogP contribution in [0.5, 0.6) is 5.75 Å². The van der Waals surface area contributed by atoms with Crippen molar-refractivity contribution in [3.63, 3.8) is 0 Å². The topological polar surface area (TPSA) is 38.0 Å². The minimum Gasteiger partial charge on any atom is -0.508 e.